The molecule has 0 fully saturated rings. The van der Waals surface area contributed by atoms with Crippen LogP contribution in [0.5, 0.6) is 5.75 Å². The lowest BCUT2D eigenvalue weighted by Gasteiger charge is -2.07. The predicted octanol–water partition coefficient (Wildman–Crippen LogP) is 1.72. The summed E-state index contributed by atoms with van der Waals surface area (Å²) in [6.07, 6.45) is 0. The standard InChI is InChI=1S/C11H13NO2/c1-9(6-12)8-14-11-4-2-10(7-13)3-5-11/h2-5,9,13H,7-8H2,1H3. The highest BCUT2D eigenvalue weighted by molar-refractivity contribution is 5.26. The first-order valence-electron chi connectivity index (χ1n) is 4.48. The first-order valence-corrected chi connectivity index (χ1v) is 4.48. The lowest BCUT2D eigenvalue weighted by Crippen LogP contribution is -2.05. The van der Waals surface area contributed by atoms with Crippen LogP contribution in [0.3, 0.4) is 0 Å². The van der Waals surface area contributed by atoms with E-state index in [1.54, 1.807) is 24.3 Å². The fourth-order valence-electron chi connectivity index (χ4n) is 0.950. The predicted molar refractivity (Wildman–Crippen MR) is 52.6 cm³/mol. The summed E-state index contributed by atoms with van der Waals surface area (Å²) in [7, 11) is 0. The summed E-state index contributed by atoms with van der Waals surface area (Å²) in [5, 5.41) is 17.3. The minimum atomic E-state index is -0.104. The van der Waals surface area contributed by atoms with E-state index >= 15 is 0 Å². The molecule has 1 rings (SSSR count). The van der Waals surface area contributed by atoms with Crippen LogP contribution in [-0.2, 0) is 6.61 Å². The lowest BCUT2D eigenvalue weighted by molar-refractivity contribution is 0.279. The Morgan fingerprint density at radius 2 is 2.07 bits per heavy atom. The molecule has 0 spiro atoms. The molecule has 1 atom stereocenters. The molecule has 0 heterocycles. The molecule has 74 valence electrons. The maximum atomic E-state index is 8.80. The molecular formula is C11H13NO2. The number of ether oxygens (including phenoxy) is 1. The van der Waals surface area contributed by atoms with Gasteiger partial charge in [-0.05, 0) is 24.6 Å². The molecule has 1 N–H and O–H groups in total. The van der Waals surface area contributed by atoms with Crippen molar-refractivity contribution in [3.05, 3.63) is 29.8 Å². The molecule has 0 bridgehead atoms. The number of nitriles is 1. The van der Waals surface area contributed by atoms with E-state index in [2.05, 4.69) is 6.07 Å². The third kappa shape index (κ3) is 3.08. The van der Waals surface area contributed by atoms with E-state index in [9.17, 15) is 0 Å². The number of nitrogens with zero attached hydrogens (tertiary/aromatic N) is 1. The quantitative estimate of drug-likeness (QED) is 0.788. The largest absolute Gasteiger partial charge is 0.492 e. The van der Waals surface area contributed by atoms with Crippen LogP contribution < -0.4 is 4.74 Å². The Morgan fingerprint density at radius 3 is 2.57 bits per heavy atom. The van der Waals surface area contributed by atoms with Crippen LogP contribution in [0, 0.1) is 17.2 Å². The number of hydrogen-bond donors (Lipinski definition) is 1. The van der Waals surface area contributed by atoms with Gasteiger partial charge in [-0.15, -0.1) is 0 Å². The molecule has 1 aromatic carbocycles. The van der Waals surface area contributed by atoms with E-state index in [-0.39, 0.29) is 12.5 Å². The van der Waals surface area contributed by atoms with E-state index in [1.165, 1.54) is 0 Å². The first kappa shape index (κ1) is 10.6. The first-order chi connectivity index (χ1) is 6.76. The van der Waals surface area contributed by atoms with Gasteiger partial charge in [-0.3, -0.25) is 0 Å². The fraction of sp³-hybridized carbons (Fsp3) is 0.364. The highest BCUT2D eigenvalue weighted by atomic mass is 16.5. The molecule has 0 radical (unpaired) electrons. The number of aliphatic hydroxyl groups excluding tert-OH is 1. The van der Waals surface area contributed by atoms with E-state index < -0.39 is 0 Å². The van der Waals surface area contributed by atoms with Gasteiger partial charge < -0.3 is 9.84 Å². The van der Waals surface area contributed by atoms with Crippen molar-refractivity contribution in [1.82, 2.24) is 0 Å². The summed E-state index contributed by atoms with van der Waals surface area (Å²) in [4.78, 5) is 0. The Balaban J connectivity index is 2.48. The van der Waals surface area contributed by atoms with Crippen molar-refractivity contribution in [2.24, 2.45) is 5.92 Å². The third-order valence-corrected chi connectivity index (χ3v) is 1.83. The van der Waals surface area contributed by atoms with Crippen LogP contribution in [0.25, 0.3) is 0 Å². The molecule has 3 heteroatoms. The molecule has 0 saturated heterocycles. The van der Waals surface area contributed by atoms with Crippen LogP contribution in [0.2, 0.25) is 0 Å². The zero-order chi connectivity index (χ0) is 10.4. The number of rotatable bonds is 4. The maximum absolute atomic E-state index is 8.80. The Hall–Kier alpha value is -1.53. The van der Waals surface area contributed by atoms with Crippen molar-refractivity contribution in [2.45, 2.75) is 13.5 Å². The summed E-state index contributed by atoms with van der Waals surface area (Å²) in [6, 6.07) is 9.26. The van der Waals surface area contributed by atoms with Crippen molar-refractivity contribution in [1.29, 1.82) is 5.26 Å². The van der Waals surface area contributed by atoms with Gasteiger partial charge >= 0.3 is 0 Å². The van der Waals surface area contributed by atoms with Crippen LogP contribution in [-0.4, -0.2) is 11.7 Å². The van der Waals surface area contributed by atoms with Crippen molar-refractivity contribution in [3.8, 4) is 11.8 Å². The monoisotopic (exact) mass is 191 g/mol. The van der Waals surface area contributed by atoms with Gasteiger partial charge in [-0.2, -0.15) is 5.26 Å². The Bertz CT molecular complexity index is 313. The van der Waals surface area contributed by atoms with Crippen LogP contribution in [0.1, 0.15) is 12.5 Å². The molecular weight excluding hydrogens is 178 g/mol. The van der Waals surface area contributed by atoms with Gasteiger partial charge in [-0.1, -0.05) is 12.1 Å². The third-order valence-electron chi connectivity index (χ3n) is 1.83. The second kappa shape index (κ2) is 5.25. The smallest absolute Gasteiger partial charge is 0.119 e. The molecule has 0 saturated carbocycles. The molecule has 0 aliphatic carbocycles. The second-order valence-electron chi connectivity index (χ2n) is 3.14. The summed E-state index contributed by atoms with van der Waals surface area (Å²) >= 11 is 0. The minimum absolute atomic E-state index is 0.0366. The average molecular weight is 191 g/mol. The van der Waals surface area contributed by atoms with Crippen LogP contribution >= 0.6 is 0 Å². The Kier molecular flexibility index (Phi) is 3.96. The Labute approximate surface area is 83.6 Å². The average Bonchev–Trinajstić information content (AvgIpc) is 2.26. The van der Waals surface area contributed by atoms with E-state index in [0.717, 1.165) is 11.3 Å². The number of benzene rings is 1. The lowest BCUT2D eigenvalue weighted by atomic mass is 10.2. The highest BCUT2D eigenvalue weighted by Crippen LogP contribution is 2.12. The highest BCUT2D eigenvalue weighted by Gasteiger charge is 2.00. The van der Waals surface area contributed by atoms with E-state index in [4.69, 9.17) is 15.1 Å². The SMILES string of the molecule is CC(C#N)COc1ccc(CO)cc1. The van der Waals surface area contributed by atoms with Crippen molar-refractivity contribution >= 4 is 0 Å². The zero-order valence-corrected chi connectivity index (χ0v) is 8.10. The zero-order valence-electron chi connectivity index (χ0n) is 8.10. The van der Waals surface area contributed by atoms with Gasteiger partial charge in [0.1, 0.15) is 12.4 Å². The van der Waals surface area contributed by atoms with Crippen molar-refractivity contribution in [3.63, 3.8) is 0 Å². The van der Waals surface area contributed by atoms with Gasteiger partial charge in [0.15, 0.2) is 0 Å². The van der Waals surface area contributed by atoms with Gasteiger partial charge in [0, 0.05) is 0 Å². The molecule has 0 aliphatic heterocycles. The van der Waals surface area contributed by atoms with Crippen molar-refractivity contribution in [2.75, 3.05) is 6.61 Å². The normalized spacial score (nSPS) is 11.8. The molecule has 0 amide bonds. The van der Waals surface area contributed by atoms with E-state index in [1.807, 2.05) is 6.92 Å². The molecule has 0 aromatic heterocycles. The van der Waals surface area contributed by atoms with E-state index in [0.29, 0.717) is 6.61 Å². The fourth-order valence-corrected chi connectivity index (χ4v) is 0.950. The van der Waals surface area contributed by atoms with Gasteiger partial charge in [0.25, 0.3) is 0 Å². The number of aliphatic hydroxyl groups is 1. The Morgan fingerprint density at radius 1 is 1.43 bits per heavy atom. The van der Waals surface area contributed by atoms with Gasteiger partial charge in [0.05, 0.1) is 18.6 Å². The minimum Gasteiger partial charge on any atom is -0.492 e. The second-order valence-corrected chi connectivity index (χ2v) is 3.14. The summed E-state index contributed by atoms with van der Waals surface area (Å²) in [5.74, 6) is 0.622. The van der Waals surface area contributed by atoms with Crippen molar-refractivity contribution < 1.29 is 9.84 Å². The molecule has 1 unspecified atom stereocenters. The summed E-state index contributed by atoms with van der Waals surface area (Å²) < 4.78 is 5.35. The van der Waals surface area contributed by atoms with Gasteiger partial charge in [-0.25, -0.2) is 0 Å². The molecule has 3 nitrogen and oxygen atoms in total. The molecule has 14 heavy (non-hydrogen) atoms. The topological polar surface area (TPSA) is 53.2 Å². The summed E-state index contributed by atoms with van der Waals surface area (Å²) in [5.41, 5.74) is 0.852. The number of hydrogen-bond acceptors (Lipinski definition) is 3. The maximum Gasteiger partial charge on any atom is 0.119 e. The molecule has 1 aromatic rings. The van der Waals surface area contributed by atoms with Gasteiger partial charge in [0.2, 0.25) is 0 Å². The molecule has 0 aliphatic rings. The summed E-state index contributed by atoms with van der Waals surface area (Å²) in [6.45, 7) is 2.24. The van der Waals surface area contributed by atoms with Crippen LogP contribution in [0.15, 0.2) is 24.3 Å². The van der Waals surface area contributed by atoms with Crippen LogP contribution in [0.4, 0.5) is 0 Å².